The van der Waals surface area contributed by atoms with Crippen molar-refractivity contribution in [2.45, 2.75) is 31.6 Å². The van der Waals surface area contributed by atoms with Crippen LogP contribution in [-0.2, 0) is 17.3 Å². The Balaban J connectivity index is 1.44. The van der Waals surface area contributed by atoms with Gasteiger partial charge in [-0.2, -0.15) is 18.2 Å². The maximum atomic E-state index is 13.6. The summed E-state index contributed by atoms with van der Waals surface area (Å²) >= 11 is 0. The van der Waals surface area contributed by atoms with Crippen molar-refractivity contribution in [3.05, 3.63) is 71.9 Å². The van der Waals surface area contributed by atoms with Crippen molar-refractivity contribution in [1.82, 2.24) is 14.9 Å². The summed E-state index contributed by atoms with van der Waals surface area (Å²) in [5.41, 5.74) is 0.934. The zero-order valence-electron chi connectivity index (χ0n) is 19.7. The van der Waals surface area contributed by atoms with Crippen molar-refractivity contribution in [2.75, 3.05) is 37.1 Å². The Hall–Kier alpha value is -2.90. The van der Waals surface area contributed by atoms with Gasteiger partial charge < -0.3 is 15.2 Å². The summed E-state index contributed by atoms with van der Waals surface area (Å²) < 4.78 is 53.1. The number of alkyl halides is 3. The molecule has 2 N–H and O–H groups in total. The number of piperidine rings is 1. The molecule has 0 aliphatic carbocycles. The van der Waals surface area contributed by atoms with Crippen molar-refractivity contribution in [3.8, 4) is 0 Å². The zero-order chi connectivity index (χ0) is 25.1. The highest BCUT2D eigenvalue weighted by atomic mass is 31.2. The molecule has 0 unspecified atom stereocenters. The van der Waals surface area contributed by atoms with Crippen LogP contribution in [-0.4, -0.2) is 47.3 Å². The van der Waals surface area contributed by atoms with Gasteiger partial charge in [0, 0.05) is 42.9 Å². The quantitative estimate of drug-likeness (QED) is 0.411. The van der Waals surface area contributed by atoms with Crippen LogP contribution >= 0.6 is 7.14 Å². The second-order valence-electron chi connectivity index (χ2n) is 9.16. The average Bonchev–Trinajstić information content (AvgIpc) is 2.80. The molecule has 0 atom stereocenters. The van der Waals surface area contributed by atoms with Crippen LogP contribution in [0.2, 0.25) is 0 Å². The van der Waals surface area contributed by atoms with Gasteiger partial charge in [-0.3, -0.25) is 4.90 Å². The Morgan fingerprint density at radius 2 is 1.69 bits per heavy atom. The van der Waals surface area contributed by atoms with E-state index in [1.165, 1.54) is 5.56 Å². The van der Waals surface area contributed by atoms with Crippen molar-refractivity contribution in [1.29, 1.82) is 0 Å². The van der Waals surface area contributed by atoms with Crippen LogP contribution in [0.15, 0.2) is 60.8 Å². The molecular formula is C25H29F3N5OP. The number of nitrogens with one attached hydrogen (secondary N) is 2. The first-order valence-corrected chi connectivity index (χ1v) is 14.1. The van der Waals surface area contributed by atoms with Crippen LogP contribution in [0.5, 0.6) is 0 Å². The molecule has 2 aromatic carbocycles. The Morgan fingerprint density at radius 3 is 2.29 bits per heavy atom. The number of likely N-dealkylation sites (tertiary alicyclic amines) is 1. The molecule has 4 rings (SSSR count). The predicted octanol–water partition coefficient (Wildman–Crippen LogP) is 5.56. The van der Waals surface area contributed by atoms with E-state index in [4.69, 9.17) is 0 Å². The van der Waals surface area contributed by atoms with Gasteiger partial charge in [-0.1, -0.05) is 30.3 Å². The smallest absolute Gasteiger partial charge is 0.367 e. The van der Waals surface area contributed by atoms with Crippen molar-refractivity contribution < 1.29 is 17.7 Å². The molecule has 35 heavy (non-hydrogen) atoms. The minimum atomic E-state index is -4.57. The van der Waals surface area contributed by atoms with E-state index in [1.807, 2.05) is 18.2 Å². The van der Waals surface area contributed by atoms with Gasteiger partial charge in [0.05, 0.1) is 0 Å². The van der Waals surface area contributed by atoms with Crippen molar-refractivity contribution in [2.24, 2.45) is 0 Å². The van der Waals surface area contributed by atoms with E-state index in [2.05, 4.69) is 37.6 Å². The zero-order valence-corrected chi connectivity index (χ0v) is 20.6. The molecule has 10 heteroatoms. The summed E-state index contributed by atoms with van der Waals surface area (Å²) in [5, 5.41) is 6.69. The predicted molar refractivity (Wildman–Crippen MR) is 134 cm³/mol. The van der Waals surface area contributed by atoms with E-state index < -0.39 is 18.9 Å². The lowest BCUT2D eigenvalue weighted by Crippen LogP contribution is -2.39. The largest absolute Gasteiger partial charge is 0.421 e. The number of rotatable bonds is 7. The van der Waals surface area contributed by atoms with Gasteiger partial charge in [0.25, 0.3) is 0 Å². The molecule has 2 heterocycles. The molecule has 1 saturated heterocycles. The van der Waals surface area contributed by atoms with Gasteiger partial charge in [0.15, 0.2) is 0 Å². The minimum absolute atomic E-state index is 0.0611. The van der Waals surface area contributed by atoms with E-state index in [9.17, 15) is 17.7 Å². The summed E-state index contributed by atoms with van der Waals surface area (Å²) in [5.74, 6) is -0.161. The standard InChI is InChI=1S/C25H29F3N5OP/c1-35(2,34)21-10-8-19(9-11-21)31-24-29-16-22(25(26,27)28)23(32-24)30-20-12-14-33(15-13-20)17-18-6-4-3-5-7-18/h3-11,16,20H,12-15,17H2,1-2H3,(H2,29,30,31,32). The molecule has 0 bridgehead atoms. The van der Waals surface area contributed by atoms with Gasteiger partial charge in [0.1, 0.15) is 18.5 Å². The van der Waals surface area contributed by atoms with Crippen molar-refractivity contribution in [3.63, 3.8) is 0 Å². The van der Waals surface area contributed by atoms with E-state index in [0.29, 0.717) is 18.5 Å². The van der Waals surface area contributed by atoms with Crippen LogP contribution < -0.4 is 15.9 Å². The molecule has 1 aliphatic rings. The van der Waals surface area contributed by atoms with E-state index >= 15 is 0 Å². The minimum Gasteiger partial charge on any atom is -0.367 e. The first kappa shape index (κ1) is 25.2. The van der Waals surface area contributed by atoms with Crippen LogP contribution in [0.4, 0.5) is 30.6 Å². The van der Waals surface area contributed by atoms with Gasteiger partial charge in [-0.25, -0.2) is 4.98 Å². The lowest BCUT2D eigenvalue weighted by Gasteiger charge is -2.33. The fourth-order valence-corrected chi connectivity index (χ4v) is 4.93. The molecule has 1 fully saturated rings. The molecule has 3 aromatic rings. The molecule has 0 radical (unpaired) electrons. The Labute approximate surface area is 203 Å². The number of benzene rings is 2. The van der Waals surface area contributed by atoms with E-state index in [-0.39, 0.29) is 17.8 Å². The Kier molecular flexibility index (Phi) is 7.47. The van der Waals surface area contributed by atoms with Crippen LogP contribution in [0.1, 0.15) is 24.0 Å². The third-order valence-corrected chi connectivity index (χ3v) is 7.56. The van der Waals surface area contributed by atoms with Crippen LogP contribution in [0, 0.1) is 0 Å². The number of aromatic nitrogens is 2. The molecule has 186 valence electrons. The van der Waals surface area contributed by atoms with Crippen LogP contribution in [0.3, 0.4) is 0 Å². The highest BCUT2D eigenvalue weighted by molar-refractivity contribution is 7.70. The summed E-state index contributed by atoms with van der Waals surface area (Å²) in [6.07, 6.45) is -2.33. The van der Waals surface area contributed by atoms with Gasteiger partial charge in [-0.15, -0.1) is 0 Å². The summed E-state index contributed by atoms with van der Waals surface area (Å²) in [7, 11) is -2.40. The Bertz CT molecular complexity index is 1170. The van der Waals surface area contributed by atoms with Crippen molar-refractivity contribution >= 4 is 29.9 Å². The summed E-state index contributed by atoms with van der Waals surface area (Å²) in [6.45, 7) is 5.76. The highest BCUT2D eigenvalue weighted by Crippen LogP contribution is 2.36. The number of halogens is 3. The first-order valence-electron chi connectivity index (χ1n) is 11.5. The molecular weight excluding hydrogens is 474 g/mol. The highest BCUT2D eigenvalue weighted by Gasteiger charge is 2.36. The van der Waals surface area contributed by atoms with Gasteiger partial charge in [0.2, 0.25) is 5.95 Å². The van der Waals surface area contributed by atoms with Gasteiger partial charge >= 0.3 is 6.18 Å². The van der Waals surface area contributed by atoms with E-state index in [0.717, 1.165) is 31.1 Å². The SMILES string of the molecule is CP(C)(=O)c1ccc(Nc2ncc(C(F)(F)F)c(NC3CCN(Cc4ccccc4)CC3)n2)cc1. The summed E-state index contributed by atoms with van der Waals surface area (Å²) in [4.78, 5) is 10.3. The number of anilines is 3. The second-order valence-corrected chi connectivity index (χ2v) is 12.4. The maximum absolute atomic E-state index is 13.6. The Morgan fingerprint density at radius 1 is 1.03 bits per heavy atom. The summed E-state index contributed by atoms with van der Waals surface area (Å²) in [6, 6.07) is 16.9. The molecule has 0 spiro atoms. The normalized spacial score (nSPS) is 15.7. The van der Waals surface area contributed by atoms with Crippen LogP contribution in [0.25, 0.3) is 0 Å². The topological polar surface area (TPSA) is 70.2 Å². The molecule has 1 aliphatic heterocycles. The lowest BCUT2D eigenvalue weighted by atomic mass is 10.0. The molecule has 1 aromatic heterocycles. The fraction of sp³-hybridized carbons (Fsp3) is 0.360. The molecule has 0 amide bonds. The van der Waals surface area contributed by atoms with E-state index in [1.54, 1.807) is 37.6 Å². The van der Waals surface area contributed by atoms with Gasteiger partial charge in [-0.05, 0) is 56.0 Å². The number of nitrogens with zero attached hydrogens (tertiary/aromatic N) is 3. The number of hydrogen-bond donors (Lipinski definition) is 2. The lowest BCUT2D eigenvalue weighted by molar-refractivity contribution is -0.137. The maximum Gasteiger partial charge on any atom is 0.421 e. The third-order valence-electron chi connectivity index (χ3n) is 6.02. The first-order chi connectivity index (χ1) is 16.6. The monoisotopic (exact) mass is 503 g/mol. The average molecular weight is 504 g/mol. The third kappa shape index (κ3) is 6.83. The number of hydrogen-bond acceptors (Lipinski definition) is 6. The molecule has 6 nitrogen and oxygen atoms in total. The molecule has 0 saturated carbocycles. The fourth-order valence-electron chi connectivity index (χ4n) is 4.06. The second kappa shape index (κ2) is 10.4.